The van der Waals surface area contributed by atoms with Crippen LogP contribution in [0.3, 0.4) is 0 Å². The number of halogens is 2. The Balaban J connectivity index is 2.24. The molecule has 1 atom stereocenters. The van der Waals surface area contributed by atoms with Crippen molar-refractivity contribution in [1.82, 2.24) is 0 Å². The van der Waals surface area contributed by atoms with Gasteiger partial charge in [0.25, 0.3) is 6.29 Å². The molecule has 0 saturated heterocycles. The Morgan fingerprint density at radius 2 is 1.87 bits per heavy atom. The lowest BCUT2D eigenvalue weighted by atomic mass is 10.2. The zero-order valence-corrected chi connectivity index (χ0v) is 10.8. The largest absolute Gasteiger partial charge is 0.449 e. The monoisotopic (exact) mass is 338 g/mol. The van der Waals surface area contributed by atoms with Crippen molar-refractivity contribution >= 4 is 39.4 Å². The van der Waals surface area contributed by atoms with Gasteiger partial charge in [0, 0.05) is 0 Å². The van der Waals surface area contributed by atoms with E-state index in [1.165, 1.54) is 0 Å². The Kier molecular flexibility index (Phi) is 2.81. The highest BCUT2D eigenvalue weighted by atomic mass is 127. The second-order valence-corrected chi connectivity index (χ2v) is 5.95. The van der Waals surface area contributed by atoms with Crippen molar-refractivity contribution in [2.45, 2.75) is 16.6 Å². The van der Waals surface area contributed by atoms with E-state index in [4.69, 9.17) is 21.1 Å². The van der Waals surface area contributed by atoms with E-state index >= 15 is 0 Å². The second kappa shape index (κ2) is 3.83. The van der Waals surface area contributed by atoms with Crippen LogP contribution in [0.1, 0.15) is 6.92 Å². The van der Waals surface area contributed by atoms with Crippen LogP contribution in [-0.4, -0.2) is 15.0 Å². The lowest BCUT2D eigenvalue weighted by molar-refractivity contribution is -0.118. The van der Waals surface area contributed by atoms with Crippen molar-refractivity contribution in [3.8, 4) is 11.5 Å². The molecule has 1 aliphatic rings. The minimum Gasteiger partial charge on any atom is -0.449 e. The molecule has 5 heteroatoms. The van der Waals surface area contributed by atoms with Crippen LogP contribution in [0.5, 0.6) is 11.5 Å². The normalized spacial score (nSPS) is 18.6. The van der Waals surface area contributed by atoms with E-state index in [1.807, 2.05) is 34.7 Å². The van der Waals surface area contributed by atoms with Gasteiger partial charge >= 0.3 is 0 Å². The van der Waals surface area contributed by atoms with Gasteiger partial charge in [-0.3, -0.25) is 4.79 Å². The molecule has 0 amide bonds. The third-order valence-corrected chi connectivity index (χ3v) is 3.85. The predicted octanol–water partition coefficient (Wildman–Crippen LogP) is 2.74. The summed E-state index contributed by atoms with van der Waals surface area (Å²) in [5, 5.41) is -0.485. The van der Waals surface area contributed by atoms with Gasteiger partial charge in [-0.05, 0) is 30.7 Å². The van der Waals surface area contributed by atoms with E-state index in [0.29, 0.717) is 11.5 Å². The maximum absolute atomic E-state index is 11.2. The van der Waals surface area contributed by atoms with E-state index in [-0.39, 0.29) is 0 Å². The molecule has 0 saturated carbocycles. The van der Waals surface area contributed by atoms with Crippen molar-refractivity contribution in [3.05, 3.63) is 24.3 Å². The van der Waals surface area contributed by atoms with Crippen molar-refractivity contribution in [2.24, 2.45) is 0 Å². The van der Waals surface area contributed by atoms with Gasteiger partial charge in [-0.1, -0.05) is 34.7 Å². The van der Waals surface area contributed by atoms with Crippen LogP contribution in [0, 0.1) is 0 Å². The molecule has 1 heterocycles. The first-order chi connectivity index (χ1) is 7.01. The highest BCUT2D eigenvalue weighted by Gasteiger charge is 2.45. The molecule has 3 nitrogen and oxygen atoms in total. The van der Waals surface area contributed by atoms with Gasteiger partial charge in [0.05, 0.1) is 0 Å². The van der Waals surface area contributed by atoms with Gasteiger partial charge in [-0.25, -0.2) is 0 Å². The highest BCUT2D eigenvalue weighted by Crippen LogP contribution is 2.40. The van der Waals surface area contributed by atoms with Crippen LogP contribution in [0.4, 0.5) is 0 Å². The summed E-state index contributed by atoms with van der Waals surface area (Å²) >= 11 is 7.42. The molecule has 15 heavy (non-hydrogen) atoms. The smallest absolute Gasteiger partial charge is 0.263 e. The van der Waals surface area contributed by atoms with Gasteiger partial charge < -0.3 is 9.47 Å². The Bertz CT molecular complexity index is 380. The number of fused-ring (bicyclic) bond motifs is 1. The molecular weight excluding hydrogens is 330 g/mol. The van der Waals surface area contributed by atoms with Gasteiger partial charge in [0.2, 0.25) is 5.24 Å². The number of alkyl halides is 1. The first-order valence-corrected chi connectivity index (χ1v) is 5.78. The number of ether oxygens (including phenoxy) is 2. The zero-order valence-electron chi connectivity index (χ0n) is 7.87. The summed E-state index contributed by atoms with van der Waals surface area (Å²) in [6.45, 7) is 1.68. The topological polar surface area (TPSA) is 35.5 Å². The Morgan fingerprint density at radius 3 is 2.27 bits per heavy atom. The van der Waals surface area contributed by atoms with E-state index in [1.54, 1.807) is 19.1 Å². The first kappa shape index (κ1) is 11.0. The standard InChI is InChI=1S/C10H8ClIO3/c1-10(12,8(11)13)9-14-6-4-2-3-5-7(6)15-9/h2-5,9H,1H3. The molecule has 0 N–H and O–H groups in total. The Morgan fingerprint density at radius 1 is 1.40 bits per heavy atom. The van der Waals surface area contributed by atoms with Crippen LogP contribution in [0.25, 0.3) is 0 Å². The van der Waals surface area contributed by atoms with Gasteiger partial charge in [-0.15, -0.1) is 0 Å². The van der Waals surface area contributed by atoms with Crippen LogP contribution in [0.15, 0.2) is 24.3 Å². The van der Waals surface area contributed by atoms with Crippen molar-refractivity contribution in [2.75, 3.05) is 0 Å². The number of hydrogen-bond acceptors (Lipinski definition) is 3. The fraction of sp³-hybridized carbons (Fsp3) is 0.300. The molecule has 0 bridgehead atoms. The summed E-state index contributed by atoms with van der Waals surface area (Å²) in [6.07, 6.45) is -0.666. The van der Waals surface area contributed by atoms with Crippen molar-refractivity contribution in [1.29, 1.82) is 0 Å². The quantitative estimate of drug-likeness (QED) is 0.472. The molecule has 2 rings (SSSR count). The van der Waals surface area contributed by atoms with Crippen molar-refractivity contribution in [3.63, 3.8) is 0 Å². The van der Waals surface area contributed by atoms with Crippen LogP contribution >= 0.6 is 34.2 Å². The van der Waals surface area contributed by atoms with Gasteiger partial charge in [0.15, 0.2) is 14.9 Å². The summed E-state index contributed by atoms with van der Waals surface area (Å²) in [6, 6.07) is 7.27. The van der Waals surface area contributed by atoms with Crippen LogP contribution in [0.2, 0.25) is 0 Å². The molecule has 0 aliphatic carbocycles. The third-order valence-electron chi connectivity index (χ3n) is 2.14. The summed E-state index contributed by atoms with van der Waals surface area (Å²) in [4.78, 5) is 11.2. The maximum Gasteiger partial charge on any atom is 0.263 e. The molecule has 0 aromatic heterocycles. The van der Waals surface area contributed by atoms with E-state index < -0.39 is 15.0 Å². The average molecular weight is 339 g/mol. The molecule has 1 unspecified atom stereocenters. The molecule has 1 aromatic carbocycles. The van der Waals surface area contributed by atoms with Crippen LogP contribution in [-0.2, 0) is 4.79 Å². The fourth-order valence-corrected chi connectivity index (χ4v) is 1.56. The second-order valence-electron chi connectivity index (χ2n) is 3.36. The minimum absolute atomic E-state index is 0.485. The number of rotatable bonds is 2. The highest BCUT2D eigenvalue weighted by molar-refractivity contribution is 14.1. The van der Waals surface area contributed by atoms with Crippen LogP contribution < -0.4 is 9.47 Å². The lowest BCUT2D eigenvalue weighted by Gasteiger charge is -2.23. The summed E-state index contributed by atoms with van der Waals surface area (Å²) in [5.74, 6) is 1.28. The summed E-state index contributed by atoms with van der Waals surface area (Å²) in [5.41, 5.74) is 0. The molecule has 80 valence electrons. The molecule has 1 aliphatic heterocycles. The molecule has 0 radical (unpaired) electrons. The molecule has 1 aromatic rings. The van der Waals surface area contributed by atoms with E-state index in [0.717, 1.165) is 0 Å². The first-order valence-electron chi connectivity index (χ1n) is 4.33. The van der Waals surface area contributed by atoms with E-state index in [2.05, 4.69) is 0 Å². The van der Waals surface area contributed by atoms with E-state index in [9.17, 15) is 4.79 Å². The Labute approximate surface area is 106 Å². The molecular formula is C10H8ClIO3. The third kappa shape index (κ3) is 1.92. The molecule has 0 spiro atoms. The SMILES string of the molecule is CC(I)(C(=O)Cl)C1Oc2ccccc2O1. The summed E-state index contributed by atoms with van der Waals surface area (Å²) in [7, 11) is 0. The number of benzene rings is 1. The Hall–Kier alpha value is -0.490. The zero-order chi connectivity index (χ0) is 11.1. The maximum atomic E-state index is 11.2. The number of hydrogen-bond donors (Lipinski definition) is 0. The average Bonchev–Trinajstić information content (AvgIpc) is 2.61. The summed E-state index contributed by atoms with van der Waals surface area (Å²) < 4.78 is 10.1. The van der Waals surface area contributed by atoms with Gasteiger partial charge in [0.1, 0.15) is 0 Å². The van der Waals surface area contributed by atoms with Crippen molar-refractivity contribution < 1.29 is 14.3 Å². The van der Waals surface area contributed by atoms with Gasteiger partial charge in [-0.2, -0.15) is 0 Å². The predicted molar refractivity (Wildman–Crippen MR) is 64.8 cm³/mol. The minimum atomic E-state index is -0.891. The number of carbonyl (C=O) groups excluding carboxylic acids is 1. The molecule has 0 fully saturated rings. The fourth-order valence-electron chi connectivity index (χ4n) is 1.21. The number of para-hydroxylation sites is 2. The lowest BCUT2D eigenvalue weighted by Crippen LogP contribution is -2.44. The number of carbonyl (C=O) groups is 1.